The molecule has 0 radical (unpaired) electrons. The monoisotopic (exact) mass is 439 g/mol. The number of piperidine rings is 1. The second-order valence-electron chi connectivity index (χ2n) is 5.71. The zero-order valence-corrected chi connectivity index (χ0v) is 15.8. The molecular weight excluding hydrogens is 420 g/mol. The minimum atomic E-state index is 0. The van der Waals surface area contributed by atoms with Crippen LogP contribution in [0, 0.1) is 5.92 Å². The Bertz CT molecular complexity index is 515. The Morgan fingerprint density at radius 2 is 2.00 bits per heavy atom. The summed E-state index contributed by atoms with van der Waals surface area (Å²) in [4.78, 5) is 7.04. The van der Waals surface area contributed by atoms with Crippen molar-refractivity contribution in [3.8, 4) is 0 Å². The number of fused-ring (bicyclic) bond motifs is 1. The molecule has 3 rings (SSSR count). The van der Waals surface area contributed by atoms with Gasteiger partial charge in [-0.05, 0) is 30.9 Å². The predicted molar refractivity (Wildman–Crippen MR) is 99.9 cm³/mol. The SMILES string of the molecule is CC1CCC2CN=C(NCc3c(Cl)cccc3Cl)N2C1.I. The molecule has 0 aliphatic carbocycles. The molecule has 1 aromatic carbocycles. The molecular formula is C15H20Cl2IN3. The van der Waals surface area contributed by atoms with Gasteiger partial charge in [-0.2, -0.15) is 0 Å². The second-order valence-corrected chi connectivity index (χ2v) is 6.52. The van der Waals surface area contributed by atoms with Gasteiger partial charge in [0.25, 0.3) is 0 Å². The van der Waals surface area contributed by atoms with E-state index in [4.69, 9.17) is 23.2 Å². The fourth-order valence-electron chi connectivity index (χ4n) is 2.97. The van der Waals surface area contributed by atoms with Gasteiger partial charge in [0, 0.05) is 28.7 Å². The van der Waals surface area contributed by atoms with Crippen LogP contribution in [0.4, 0.5) is 0 Å². The summed E-state index contributed by atoms with van der Waals surface area (Å²) in [7, 11) is 0. The fraction of sp³-hybridized carbons (Fsp3) is 0.533. The summed E-state index contributed by atoms with van der Waals surface area (Å²) in [6.07, 6.45) is 2.54. The normalized spacial score (nSPS) is 24.1. The van der Waals surface area contributed by atoms with E-state index in [0.717, 1.165) is 30.5 Å². The number of aliphatic imine (C=N–C) groups is 1. The molecule has 21 heavy (non-hydrogen) atoms. The number of guanidine groups is 1. The molecule has 2 aliphatic heterocycles. The Balaban J connectivity index is 0.00000161. The molecule has 2 heterocycles. The topological polar surface area (TPSA) is 27.6 Å². The molecule has 1 saturated heterocycles. The van der Waals surface area contributed by atoms with Crippen molar-refractivity contribution in [2.45, 2.75) is 32.4 Å². The van der Waals surface area contributed by atoms with Crippen LogP contribution >= 0.6 is 47.2 Å². The zero-order chi connectivity index (χ0) is 14.1. The largest absolute Gasteiger partial charge is 0.352 e. The van der Waals surface area contributed by atoms with E-state index >= 15 is 0 Å². The maximum atomic E-state index is 6.20. The summed E-state index contributed by atoms with van der Waals surface area (Å²) in [5, 5.41) is 4.81. The maximum Gasteiger partial charge on any atom is 0.194 e. The van der Waals surface area contributed by atoms with Crippen molar-refractivity contribution in [2.75, 3.05) is 13.1 Å². The minimum absolute atomic E-state index is 0. The van der Waals surface area contributed by atoms with Crippen LogP contribution in [0.25, 0.3) is 0 Å². The van der Waals surface area contributed by atoms with Crippen molar-refractivity contribution < 1.29 is 0 Å². The van der Waals surface area contributed by atoms with Crippen molar-refractivity contribution in [1.29, 1.82) is 0 Å². The lowest BCUT2D eigenvalue weighted by Gasteiger charge is -2.35. The molecule has 3 nitrogen and oxygen atoms in total. The maximum absolute atomic E-state index is 6.20. The van der Waals surface area contributed by atoms with Gasteiger partial charge in [0.1, 0.15) is 0 Å². The molecule has 0 saturated carbocycles. The van der Waals surface area contributed by atoms with E-state index in [1.165, 1.54) is 12.8 Å². The highest BCUT2D eigenvalue weighted by atomic mass is 127. The van der Waals surface area contributed by atoms with Crippen LogP contribution in [0.1, 0.15) is 25.3 Å². The van der Waals surface area contributed by atoms with E-state index in [1.54, 1.807) is 0 Å². The molecule has 1 fully saturated rings. The number of benzene rings is 1. The molecule has 2 atom stereocenters. The quantitative estimate of drug-likeness (QED) is 0.700. The first kappa shape index (κ1) is 17.2. The van der Waals surface area contributed by atoms with E-state index in [9.17, 15) is 0 Å². The average molecular weight is 440 g/mol. The van der Waals surface area contributed by atoms with Gasteiger partial charge >= 0.3 is 0 Å². The van der Waals surface area contributed by atoms with E-state index in [0.29, 0.717) is 22.6 Å². The smallest absolute Gasteiger partial charge is 0.194 e. The highest BCUT2D eigenvalue weighted by Gasteiger charge is 2.32. The molecule has 1 N–H and O–H groups in total. The van der Waals surface area contributed by atoms with Crippen LogP contribution in [0.5, 0.6) is 0 Å². The summed E-state index contributed by atoms with van der Waals surface area (Å²) >= 11 is 12.4. The van der Waals surface area contributed by atoms with Crippen LogP contribution in [0.2, 0.25) is 10.0 Å². The number of nitrogens with zero attached hydrogens (tertiary/aromatic N) is 2. The Kier molecular flexibility index (Phi) is 6.03. The van der Waals surface area contributed by atoms with Crippen LogP contribution in [0.3, 0.4) is 0 Å². The standard InChI is InChI=1S/C15H19Cl2N3.HI/c1-10-5-6-11-7-18-15(20(11)9-10)19-8-12-13(16)3-2-4-14(12)17;/h2-4,10-11H,5-9H2,1H3,(H,18,19);1H. The minimum Gasteiger partial charge on any atom is -0.352 e. The molecule has 1 aromatic rings. The third-order valence-electron chi connectivity index (χ3n) is 4.15. The molecule has 6 heteroatoms. The Morgan fingerprint density at radius 1 is 1.29 bits per heavy atom. The Hall–Kier alpha value is -0.200. The summed E-state index contributed by atoms with van der Waals surface area (Å²) in [5.41, 5.74) is 0.937. The fourth-order valence-corrected chi connectivity index (χ4v) is 3.50. The number of halogens is 3. The highest BCUT2D eigenvalue weighted by Crippen LogP contribution is 2.27. The third kappa shape index (κ3) is 3.77. The number of hydrogen-bond acceptors (Lipinski definition) is 3. The first-order valence-electron chi connectivity index (χ1n) is 7.13. The van der Waals surface area contributed by atoms with E-state index in [-0.39, 0.29) is 24.0 Å². The van der Waals surface area contributed by atoms with E-state index in [2.05, 4.69) is 22.1 Å². The lowest BCUT2D eigenvalue weighted by molar-refractivity contribution is 0.211. The first-order valence-corrected chi connectivity index (χ1v) is 7.88. The first-order chi connectivity index (χ1) is 9.65. The van der Waals surface area contributed by atoms with Crippen molar-refractivity contribution in [3.05, 3.63) is 33.8 Å². The van der Waals surface area contributed by atoms with Gasteiger partial charge in [0.05, 0.1) is 12.6 Å². The lowest BCUT2D eigenvalue weighted by Crippen LogP contribution is -2.48. The second kappa shape index (κ2) is 7.38. The van der Waals surface area contributed by atoms with Gasteiger partial charge in [-0.25, -0.2) is 0 Å². The number of rotatable bonds is 2. The Morgan fingerprint density at radius 3 is 2.71 bits per heavy atom. The van der Waals surface area contributed by atoms with Crippen molar-refractivity contribution in [2.24, 2.45) is 10.9 Å². The summed E-state index contributed by atoms with van der Waals surface area (Å²) in [5.74, 6) is 1.73. The van der Waals surface area contributed by atoms with Crippen LogP contribution in [-0.2, 0) is 6.54 Å². The summed E-state index contributed by atoms with van der Waals surface area (Å²) in [6, 6.07) is 6.18. The van der Waals surface area contributed by atoms with Gasteiger partial charge in [-0.15, -0.1) is 24.0 Å². The van der Waals surface area contributed by atoms with Crippen LogP contribution < -0.4 is 5.32 Å². The summed E-state index contributed by atoms with van der Waals surface area (Å²) in [6.45, 7) is 4.92. The van der Waals surface area contributed by atoms with Gasteiger partial charge < -0.3 is 10.2 Å². The van der Waals surface area contributed by atoms with Gasteiger partial charge in [0.15, 0.2) is 5.96 Å². The van der Waals surface area contributed by atoms with Crippen molar-refractivity contribution in [1.82, 2.24) is 10.2 Å². The summed E-state index contributed by atoms with van der Waals surface area (Å²) < 4.78 is 0. The zero-order valence-electron chi connectivity index (χ0n) is 12.0. The van der Waals surface area contributed by atoms with Crippen molar-refractivity contribution >= 4 is 53.1 Å². The lowest BCUT2D eigenvalue weighted by atomic mass is 9.95. The highest BCUT2D eigenvalue weighted by molar-refractivity contribution is 14.0. The van der Waals surface area contributed by atoms with Gasteiger partial charge in [0.2, 0.25) is 0 Å². The van der Waals surface area contributed by atoms with E-state index in [1.807, 2.05) is 18.2 Å². The molecule has 116 valence electrons. The van der Waals surface area contributed by atoms with Crippen LogP contribution in [0.15, 0.2) is 23.2 Å². The molecule has 0 spiro atoms. The molecule has 0 bridgehead atoms. The van der Waals surface area contributed by atoms with Gasteiger partial charge in [-0.1, -0.05) is 36.2 Å². The van der Waals surface area contributed by atoms with Crippen molar-refractivity contribution in [3.63, 3.8) is 0 Å². The van der Waals surface area contributed by atoms with Gasteiger partial charge in [-0.3, -0.25) is 4.99 Å². The molecule has 2 aliphatic rings. The number of nitrogens with one attached hydrogen (secondary N) is 1. The Labute approximate surface area is 153 Å². The van der Waals surface area contributed by atoms with Crippen LogP contribution in [-0.4, -0.2) is 30.0 Å². The third-order valence-corrected chi connectivity index (χ3v) is 4.86. The van der Waals surface area contributed by atoms with E-state index < -0.39 is 0 Å². The average Bonchev–Trinajstić information content (AvgIpc) is 2.81. The molecule has 2 unspecified atom stereocenters. The number of hydrogen-bond donors (Lipinski definition) is 1. The molecule has 0 amide bonds. The molecule has 0 aromatic heterocycles. The predicted octanol–water partition coefficient (Wildman–Crippen LogP) is 4.17.